The summed E-state index contributed by atoms with van der Waals surface area (Å²) in [7, 11) is 0. The minimum atomic E-state index is 0.706. The van der Waals surface area contributed by atoms with Crippen molar-refractivity contribution < 1.29 is 0 Å². The SMILES string of the molecule is c1ccc(-c2ccc(-c3cc(-n4c5ccccc5c5c(-c6nc(-c7ccccc7)cc(-c7ccccc7)n6)cccc54)cc4c3sc3ccccc34)cc2)cc1. The molecule has 11 aromatic rings. The van der Waals surface area contributed by atoms with Gasteiger partial charge in [0.2, 0.25) is 0 Å². The summed E-state index contributed by atoms with van der Waals surface area (Å²) in [6.07, 6.45) is 0. The Balaban J connectivity index is 1.16. The number of thiophene rings is 1. The Labute approximate surface area is 328 Å². The number of rotatable bonds is 6. The molecule has 0 N–H and O–H groups in total. The maximum atomic E-state index is 5.27. The molecule has 0 aliphatic rings. The molecule has 0 aliphatic carbocycles. The molecule has 0 aliphatic heterocycles. The Morgan fingerprint density at radius 1 is 0.375 bits per heavy atom. The lowest BCUT2D eigenvalue weighted by Gasteiger charge is -2.13. The normalized spacial score (nSPS) is 11.6. The number of fused-ring (bicyclic) bond motifs is 6. The molecule has 0 fully saturated rings. The van der Waals surface area contributed by atoms with Gasteiger partial charge >= 0.3 is 0 Å². The van der Waals surface area contributed by atoms with Gasteiger partial charge in [-0.25, -0.2) is 9.97 Å². The maximum Gasteiger partial charge on any atom is 0.161 e. The van der Waals surface area contributed by atoms with Crippen LogP contribution in [0.5, 0.6) is 0 Å². The zero-order valence-corrected chi connectivity index (χ0v) is 31.1. The molecule has 0 atom stereocenters. The molecule has 8 aromatic carbocycles. The highest BCUT2D eigenvalue weighted by molar-refractivity contribution is 7.26. The first kappa shape index (κ1) is 32.3. The molecular weight excluding hydrogens is 699 g/mol. The molecule has 4 heteroatoms. The standard InChI is InChI=1S/C52H33N3S/c1-4-15-34(16-5-1)35-27-29-36(30-28-35)43-31-39(32-44-40-21-11-13-26-49(40)56-51(43)44)55-47-24-12-10-22-41(47)50-42(23-14-25-48(50)55)52-53-45(37-17-6-2-7-18-37)33-46(54-52)38-19-8-3-9-20-38/h1-33H. The lowest BCUT2D eigenvalue weighted by molar-refractivity contribution is 1.18. The third-order valence-corrected chi connectivity index (χ3v) is 12.0. The van der Waals surface area contributed by atoms with Gasteiger partial charge < -0.3 is 4.57 Å². The largest absolute Gasteiger partial charge is 0.309 e. The van der Waals surface area contributed by atoms with E-state index in [9.17, 15) is 0 Å². The van der Waals surface area contributed by atoms with Crippen molar-refractivity contribution in [3.63, 3.8) is 0 Å². The zero-order chi connectivity index (χ0) is 37.0. The van der Waals surface area contributed by atoms with Gasteiger partial charge in [0, 0.05) is 58.9 Å². The van der Waals surface area contributed by atoms with Crippen LogP contribution >= 0.6 is 11.3 Å². The number of nitrogens with zero attached hydrogens (tertiary/aromatic N) is 3. The van der Waals surface area contributed by atoms with E-state index in [4.69, 9.17) is 9.97 Å². The van der Waals surface area contributed by atoms with Gasteiger partial charge in [0.15, 0.2) is 5.82 Å². The molecule has 0 saturated heterocycles. The van der Waals surface area contributed by atoms with E-state index in [2.05, 4.69) is 193 Å². The fraction of sp³-hybridized carbons (Fsp3) is 0. The highest BCUT2D eigenvalue weighted by Crippen LogP contribution is 2.44. The van der Waals surface area contributed by atoms with Crippen molar-refractivity contribution in [2.75, 3.05) is 0 Å². The van der Waals surface area contributed by atoms with E-state index in [0.29, 0.717) is 5.82 Å². The van der Waals surface area contributed by atoms with Crippen LogP contribution in [0.1, 0.15) is 0 Å². The molecular formula is C52H33N3S. The van der Waals surface area contributed by atoms with E-state index >= 15 is 0 Å². The minimum Gasteiger partial charge on any atom is -0.309 e. The highest BCUT2D eigenvalue weighted by atomic mass is 32.1. The quantitative estimate of drug-likeness (QED) is 0.170. The second-order valence-electron chi connectivity index (χ2n) is 14.2. The first-order valence-electron chi connectivity index (χ1n) is 18.9. The van der Waals surface area contributed by atoms with E-state index < -0.39 is 0 Å². The van der Waals surface area contributed by atoms with Crippen LogP contribution in [0.25, 0.3) is 104 Å². The monoisotopic (exact) mass is 731 g/mol. The molecule has 0 radical (unpaired) electrons. The van der Waals surface area contributed by atoms with Crippen LogP contribution in [0.2, 0.25) is 0 Å². The summed E-state index contributed by atoms with van der Waals surface area (Å²) >= 11 is 1.87. The highest BCUT2D eigenvalue weighted by Gasteiger charge is 2.21. The minimum absolute atomic E-state index is 0.706. The molecule has 11 rings (SSSR count). The van der Waals surface area contributed by atoms with Crippen LogP contribution in [0.3, 0.4) is 0 Å². The predicted molar refractivity (Wildman–Crippen MR) is 236 cm³/mol. The Morgan fingerprint density at radius 3 is 1.62 bits per heavy atom. The Kier molecular flexibility index (Phi) is 7.68. The summed E-state index contributed by atoms with van der Waals surface area (Å²) < 4.78 is 5.01. The van der Waals surface area contributed by atoms with Crippen LogP contribution in [-0.2, 0) is 0 Å². The molecule has 262 valence electrons. The molecule has 0 spiro atoms. The summed E-state index contributed by atoms with van der Waals surface area (Å²) in [5, 5.41) is 4.84. The molecule has 56 heavy (non-hydrogen) atoms. The van der Waals surface area contributed by atoms with Gasteiger partial charge in [0.05, 0.1) is 22.4 Å². The molecule has 0 bridgehead atoms. The number of benzene rings is 8. The first-order valence-corrected chi connectivity index (χ1v) is 19.7. The van der Waals surface area contributed by atoms with Crippen molar-refractivity contribution >= 4 is 53.3 Å². The molecule has 3 heterocycles. The van der Waals surface area contributed by atoms with Crippen LogP contribution < -0.4 is 0 Å². The van der Waals surface area contributed by atoms with E-state index in [0.717, 1.165) is 55.6 Å². The fourth-order valence-corrected chi connectivity index (χ4v) is 9.41. The van der Waals surface area contributed by atoms with Crippen LogP contribution in [0.15, 0.2) is 200 Å². The van der Waals surface area contributed by atoms with Gasteiger partial charge in [-0.3, -0.25) is 0 Å². The third-order valence-electron chi connectivity index (χ3n) is 10.8. The van der Waals surface area contributed by atoms with E-state index in [1.807, 2.05) is 23.5 Å². The number of hydrogen-bond donors (Lipinski definition) is 0. The molecule has 0 amide bonds. The summed E-state index contributed by atoms with van der Waals surface area (Å²) in [6.45, 7) is 0. The van der Waals surface area contributed by atoms with Crippen molar-refractivity contribution in [3.05, 3.63) is 200 Å². The van der Waals surface area contributed by atoms with E-state index in [1.165, 1.54) is 42.4 Å². The van der Waals surface area contributed by atoms with Crippen molar-refractivity contribution in [1.29, 1.82) is 0 Å². The topological polar surface area (TPSA) is 30.7 Å². The third kappa shape index (κ3) is 5.42. The Bertz CT molecular complexity index is 3160. The van der Waals surface area contributed by atoms with Crippen LogP contribution in [-0.4, -0.2) is 14.5 Å². The Morgan fingerprint density at radius 2 is 0.929 bits per heavy atom. The van der Waals surface area contributed by atoms with Gasteiger partial charge in [-0.15, -0.1) is 11.3 Å². The van der Waals surface area contributed by atoms with E-state index in [1.54, 1.807) is 0 Å². The lowest BCUT2D eigenvalue weighted by atomic mass is 9.98. The smallest absolute Gasteiger partial charge is 0.161 e. The van der Waals surface area contributed by atoms with E-state index in [-0.39, 0.29) is 0 Å². The molecule has 3 aromatic heterocycles. The Hall–Kier alpha value is -7.14. The average Bonchev–Trinajstić information content (AvgIpc) is 3.83. The average molecular weight is 732 g/mol. The van der Waals surface area contributed by atoms with Crippen molar-refractivity contribution in [3.8, 4) is 61.8 Å². The van der Waals surface area contributed by atoms with Crippen LogP contribution in [0.4, 0.5) is 0 Å². The van der Waals surface area contributed by atoms with Crippen molar-refractivity contribution in [2.45, 2.75) is 0 Å². The molecule has 0 unspecified atom stereocenters. The second kappa shape index (κ2) is 13.3. The van der Waals surface area contributed by atoms with Crippen LogP contribution in [0, 0.1) is 0 Å². The second-order valence-corrected chi connectivity index (χ2v) is 15.2. The number of aromatic nitrogens is 3. The summed E-state index contributed by atoms with van der Waals surface area (Å²) in [5.74, 6) is 0.706. The summed E-state index contributed by atoms with van der Waals surface area (Å²) in [4.78, 5) is 10.5. The molecule has 0 saturated carbocycles. The summed E-state index contributed by atoms with van der Waals surface area (Å²) in [5.41, 5.74) is 13.1. The molecule has 3 nitrogen and oxygen atoms in total. The number of hydrogen-bond acceptors (Lipinski definition) is 3. The van der Waals surface area contributed by atoms with Crippen molar-refractivity contribution in [1.82, 2.24) is 14.5 Å². The zero-order valence-electron chi connectivity index (χ0n) is 30.3. The lowest BCUT2D eigenvalue weighted by Crippen LogP contribution is -1.97. The number of para-hydroxylation sites is 1. The van der Waals surface area contributed by atoms with Gasteiger partial charge in [0.1, 0.15) is 0 Å². The fourth-order valence-electron chi connectivity index (χ4n) is 8.19. The van der Waals surface area contributed by atoms with Gasteiger partial charge in [-0.2, -0.15) is 0 Å². The predicted octanol–water partition coefficient (Wildman–Crippen LogP) is 14.3. The first-order chi connectivity index (χ1) is 27.8. The maximum absolute atomic E-state index is 5.27. The summed E-state index contributed by atoms with van der Waals surface area (Å²) in [6, 6.07) is 71.4. The van der Waals surface area contributed by atoms with Gasteiger partial charge in [-0.1, -0.05) is 164 Å². The van der Waals surface area contributed by atoms with Gasteiger partial charge in [0.25, 0.3) is 0 Å². The van der Waals surface area contributed by atoms with Crippen molar-refractivity contribution in [2.24, 2.45) is 0 Å². The van der Waals surface area contributed by atoms with Gasteiger partial charge in [-0.05, 0) is 53.1 Å².